The van der Waals surface area contributed by atoms with Crippen LogP contribution in [0.2, 0.25) is 0 Å². The summed E-state index contributed by atoms with van der Waals surface area (Å²) in [5.74, 6) is 0. The van der Waals surface area contributed by atoms with E-state index >= 15 is 0 Å². The van der Waals surface area contributed by atoms with Gasteiger partial charge in [0, 0.05) is 6.54 Å². The summed E-state index contributed by atoms with van der Waals surface area (Å²) in [7, 11) is 0. The van der Waals surface area contributed by atoms with E-state index in [4.69, 9.17) is 19.9 Å². The summed E-state index contributed by atoms with van der Waals surface area (Å²) in [6, 6.07) is 19.7. The third-order valence-electron chi connectivity index (χ3n) is 4.88. The summed E-state index contributed by atoms with van der Waals surface area (Å²) in [5.41, 5.74) is 6.72. The van der Waals surface area contributed by atoms with Crippen molar-refractivity contribution in [2.24, 2.45) is 5.73 Å². The van der Waals surface area contributed by atoms with E-state index in [2.05, 4.69) is 0 Å². The van der Waals surface area contributed by atoms with Crippen molar-refractivity contribution in [3.63, 3.8) is 0 Å². The Morgan fingerprint density at radius 1 is 1.00 bits per heavy atom. The van der Waals surface area contributed by atoms with Crippen molar-refractivity contribution in [3.05, 3.63) is 71.8 Å². The van der Waals surface area contributed by atoms with Gasteiger partial charge < -0.3 is 25.1 Å². The largest absolute Gasteiger partial charge is 0.383 e. The van der Waals surface area contributed by atoms with Crippen LogP contribution in [0.25, 0.3) is 0 Å². The highest BCUT2D eigenvalue weighted by molar-refractivity contribution is 5.15. The van der Waals surface area contributed by atoms with Gasteiger partial charge in [-0.25, -0.2) is 0 Å². The molecule has 3 unspecified atom stereocenters. The third-order valence-corrected chi connectivity index (χ3v) is 4.88. The Labute approximate surface area is 154 Å². The van der Waals surface area contributed by atoms with Crippen LogP contribution in [0.4, 0.5) is 0 Å². The number of nitrogens with two attached hydrogens (primary N) is 1. The minimum Gasteiger partial charge on any atom is -0.383 e. The number of benzene rings is 2. The molecule has 2 aromatic rings. The van der Waals surface area contributed by atoms with Gasteiger partial charge in [-0.15, -0.1) is 0 Å². The molecule has 3 N–H and O–H groups in total. The van der Waals surface area contributed by atoms with E-state index in [1.165, 1.54) is 0 Å². The predicted molar refractivity (Wildman–Crippen MR) is 99.5 cm³/mol. The van der Waals surface area contributed by atoms with Gasteiger partial charge in [-0.3, -0.25) is 0 Å². The van der Waals surface area contributed by atoms with Crippen molar-refractivity contribution in [2.45, 2.75) is 44.1 Å². The molecule has 1 saturated heterocycles. The third kappa shape index (κ3) is 4.31. The van der Waals surface area contributed by atoms with Crippen LogP contribution >= 0.6 is 0 Å². The number of hydrogen-bond donors (Lipinski definition) is 2. The average molecular weight is 357 g/mol. The molecule has 5 heteroatoms. The fourth-order valence-corrected chi connectivity index (χ4v) is 3.31. The van der Waals surface area contributed by atoms with E-state index in [1.54, 1.807) is 0 Å². The van der Waals surface area contributed by atoms with Crippen molar-refractivity contribution in [1.82, 2.24) is 0 Å². The molecule has 2 aromatic carbocycles. The normalized spacial score (nSPS) is 28.8. The van der Waals surface area contributed by atoms with Crippen LogP contribution in [0.1, 0.15) is 18.1 Å². The highest BCUT2D eigenvalue weighted by Gasteiger charge is 2.51. The minimum atomic E-state index is -1.30. The molecule has 5 nitrogen and oxygen atoms in total. The van der Waals surface area contributed by atoms with Gasteiger partial charge in [-0.1, -0.05) is 60.7 Å². The van der Waals surface area contributed by atoms with Crippen molar-refractivity contribution in [1.29, 1.82) is 0 Å². The van der Waals surface area contributed by atoms with E-state index in [0.717, 1.165) is 11.1 Å². The average Bonchev–Trinajstić information content (AvgIpc) is 2.69. The molecule has 0 saturated carbocycles. The zero-order valence-corrected chi connectivity index (χ0v) is 15.1. The van der Waals surface area contributed by atoms with Crippen molar-refractivity contribution in [3.8, 4) is 0 Å². The van der Waals surface area contributed by atoms with E-state index in [0.29, 0.717) is 13.2 Å². The first kappa shape index (κ1) is 19.0. The summed E-state index contributed by atoms with van der Waals surface area (Å²) >= 11 is 0. The van der Waals surface area contributed by atoms with Gasteiger partial charge in [0.25, 0.3) is 0 Å². The highest BCUT2D eigenvalue weighted by atomic mass is 16.6. The van der Waals surface area contributed by atoms with Crippen LogP contribution in [-0.4, -0.2) is 42.2 Å². The SMILES string of the molecule is CC1OCC(OCc2ccccc2)C(O)(CN)[C@@H]1OCc1ccccc1. The van der Waals surface area contributed by atoms with Gasteiger partial charge >= 0.3 is 0 Å². The molecule has 1 fully saturated rings. The second-order valence-corrected chi connectivity index (χ2v) is 6.74. The molecule has 0 bridgehead atoms. The molecular weight excluding hydrogens is 330 g/mol. The van der Waals surface area contributed by atoms with Crippen LogP contribution in [0.15, 0.2) is 60.7 Å². The smallest absolute Gasteiger partial charge is 0.134 e. The van der Waals surface area contributed by atoms with E-state index in [-0.39, 0.29) is 19.3 Å². The Kier molecular flexibility index (Phi) is 6.40. The van der Waals surface area contributed by atoms with Crippen molar-refractivity contribution in [2.75, 3.05) is 13.2 Å². The monoisotopic (exact) mass is 357 g/mol. The molecule has 1 aliphatic heterocycles. The number of rotatable bonds is 7. The second-order valence-electron chi connectivity index (χ2n) is 6.74. The van der Waals surface area contributed by atoms with Crippen LogP contribution in [0.3, 0.4) is 0 Å². The van der Waals surface area contributed by atoms with Gasteiger partial charge in [0.15, 0.2) is 0 Å². The second kappa shape index (κ2) is 8.75. The van der Waals surface area contributed by atoms with Crippen LogP contribution in [0.5, 0.6) is 0 Å². The quantitative estimate of drug-likeness (QED) is 0.795. The molecule has 140 valence electrons. The number of ether oxygens (including phenoxy) is 3. The minimum absolute atomic E-state index is 0.0413. The lowest BCUT2D eigenvalue weighted by Gasteiger charge is -2.47. The van der Waals surface area contributed by atoms with Gasteiger partial charge in [-0.2, -0.15) is 0 Å². The lowest BCUT2D eigenvalue weighted by atomic mass is 9.85. The molecule has 3 rings (SSSR count). The summed E-state index contributed by atoms with van der Waals surface area (Å²) in [6.45, 7) is 2.99. The Morgan fingerprint density at radius 2 is 1.54 bits per heavy atom. The van der Waals surface area contributed by atoms with E-state index in [1.807, 2.05) is 67.6 Å². The number of aliphatic hydroxyl groups is 1. The first-order chi connectivity index (χ1) is 12.6. The molecule has 1 heterocycles. The summed E-state index contributed by atoms with van der Waals surface area (Å²) in [5, 5.41) is 11.3. The predicted octanol–water partition coefficient (Wildman–Crippen LogP) is 2.27. The summed E-state index contributed by atoms with van der Waals surface area (Å²) in [6.07, 6.45) is -1.39. The lowest BCUT2D eigenvalue weighted by Crippen LogP contribution is -2.67. The van der Waals surface area contributed by atoms with E-state index in [9.17, 15) is 5.11 Å². The van der Waals surface area contributed by atoms with Gasteiger partial charge in [0.1, 0.15) is 17.8 Å². The van der Waals surface area contributed by atoms with Gasteiger partial charge in [-0.05, 0) is 18.1 Å². The molecular formula is C21H27NO4. The zero-order valence-electron chi connectivity index (χ0n) is 15.1. The molecule has 1 aliphatic rings. The molecule has 0 spiro atoms. The summed E-state index contributed by atoms with van der Waals surface area (Å²) in [4.78, 5) is 0. The topological polar surface area (TPSA) is 73.9 Å². The van der Waals surface area contributed by atoms with E-state index < -0.39 is 17.8 Å². The van der Waals surface area contributed by atoms with Crippen LogP contribution in [-0.2, 0) is 27.4 Å². The Hall–Kier alpha value is -1.76. The van der Waals surface area contributed by atoms with Crippen molar-refractivity contribution < 1.29 is 19.3 Å². The van der Waals surface area contributed by atoms with Crippen LogP contribution in [0, 0.1) is 0 Å². The maximum Gasteiger partial charge on any atom is 0.134 e. The molecule has 0 radical (unpaired) electrons. The fourth-order valence-electron chi connectivity index (χ4n) is 3.31. The molecule has 0 aliphatic carbocycles. The molecule has 26 heavy (non-hydrogen) atoms. The Balaban J connectivity index is 1.68. The molecule has 0 aromatic heterocycles. The van der Waals surface area contributed by atoms with Crippen LogP contribution < -0.4 is 5.73 Å². The Bertz CT molecular complexity index is 666. The molecule has 4 atom stereocenters. The molecule has 0 amide bonds. The van der Waals surface area contributed by atoms with Gasteiger partial charge in [0.2, 0.25) is 0 Å². The standard InChI is InChI=1S/C21H27NO4/c1-16-20(26-13-18-10-6-3-7-11-18)21(23,15-22)19(14-24-16)25-12-17-8-4-2-5-9-17/h2-11,16,19-20,23H,12-15,22H2,1H3/t16?,19?,20-,21?/m1/s1. The maximum atomic E-state index is 11.3. The van der Waals surface area contributed by atoms with Crippen molar-refractivity contribution >= 4 is 0 Å². The number of hydrogen-bond acceptors (Lipinski definition) is 5. The Morgan fingerprint density at radius 3 is 2.08 bits per heavy atom. The first-order valence-electron chi connectivity index (χ1n) is 8.98. The first-order valence-corrected chi connectivity index (χ1v) is 8.98. The summed E-state index contributed by atoms with van der Waals surface area (Å²) < 4.78 is 17.8. The fraction of sp³-hybridized carbons (Fsp3) is 0.429. The lowest BCUT2D eigenvalue weighted by molar-refractivity contribution is -0.263. The zero-order chi connectivity index (χ0) is 18.4. The van der Waals surface area contributed by atoms with Gasteiger partial charge in [0.05, 0.1) is 25.9 Å². The highest BCUT2D eigenvalue weighted by Crippen LogP contribution is 2.31. The maximum absolute atomic E-state index is 11.3.